The van der Waals surface area contributed by atoms with E-state index in [0.29, 0.717) is 6.54 Å². The minimum absolute atomic E-state index is 0.0708. The van der Waals surface area contributed by atoms with Crippen LogP contribution in [0.25, 0.3) is 0 Å². The molecule has 0 aromatic carbocycles. The average Bonchev–Trinajstić information content (AvgIpc) is 2.44. The monoisotopic (exact) mass is 276 g/mol. The molecular weight excluding hydrogens is 252 g/mol. The summed E-state index contributed by atoms with van der Waals surface area (Å²) in [6.45, 7) is 7.89. The number of guanidine groups is 1. The number of nitrogens with zero attached hydrogens (tertiary/aromatic N) is 2. The molecule has 1 aromatic heterocycles. The lowest BCUT2D eigenvalue weighted by molar-refractivity contribution is 0.575. The molecule has 1 aromatic rings. The Kier molecular flexibility index (Phi) is 7.17. The second-order valence-electron chi connectivity index (χ2n) is 4.53. The lowest BCUT2D eigenvalue weighted by Crippen LogP contribution is -2.37. The van der Waals surface area contributed by atoms with Crippen molar-refractivity contribution in [1.29, 1.82) is 0 Å². The molecule has 0 aliphatic carbocycles. The molecule has 2 N–H and O–H groups in total. The van der Waals surface area contributed by atoms with E-state index in [1.54, 1.807) is 25.3 Å². The third-order valence-electron chi connectivity index (χ3n) is 3.01. The van der Waals surface area contributed by atoms with Crippen LogP contribution in [-0.4, -0.2) is 30.7 Å². The van der Waals surface area contributed by atoms with Crippen LogP contribution in [0.2, 0.25) is 0 Å². The van der Waals surface area contributed by atoms with Gasteiger partial charge in [0.1, 0.15) is 0 Å². The van der Waals surface area contributed by atoms with Crippen molar-refractivity contribution in [2.75, 3.05) is 20.1 Å². The summed E-state index contributed by atoms with van der Waals surface area (Å²) in [6.07, 6.45) is 3.73. The number of unbranched alkanes of at least 4 members (excludes halogenated alkanes) is 1. The number of aromatic nitrogens is 1. The molecule has 0 spiro atoms. The summed E-state index contributed by atoms with van der Waals surface area (Å²) < 4.78 is 1.81. The molecule has 1 heterocycles. The fourth-order valence-corrected chi connectivity index (χ4v) is 1.90. The highest BCUT2D eigenvalue weighted by Crippen LogP contribution is 1.97. The highest BCUT2D eigenvalue weighted by Gasteiger charge is 1.99. The number of hydrogen-bond acceptors (Lipinski definition) is 2. The zero-order valence-corrected chi connectivity index (χ0v) is 12.4. The van der Waals surface area contributed by atoms with E-state index in [1.165, 1.54) is 0 Å². The molecule has 5 heteroatoms. The topological polar surface area (TPSA) is 58.4 Å². The molecular formula is C15H24N4O. The number of aliphatic imine (C=N–C) groups is 1. The maximum Gasteiger partial charge on any atom is 0.250 e. The third kappa shape index (κ3) is 5.30. The number of pyridine rings is 1. The molecule has 0 radical (unpaired) electrons. The van der Waals surface area contributed by atoms with E-state index < -0.39 is 0 Å². The second-order valence-corrected chi connectivity index (χ2v) is 4.53. The molecule has 0 bridgehead atoms. The smallest absolute Gasteiger partial charge is 0.250 e. The van der Waals surface area contributed by atoms with Crippen molar-refractivity contribution in [3.8, 4) is 0 Å². The first-order chi connectivity index (χ1) is 9.69. The van der Waals surface area contributed by atoms with Gasteiger partial charge in [0, 0.05) is 38.4 Å². The fraction of sp³-hybridized carbons (Fsp3) is 0.467. The van der Waals surface area contributed by atoms with Gasteiger partial charge in [-0.3, -0.25) is 9.79 Å². The third-order valence-corrected chi connectivity index (χ3v) is 3.01. The minimum Gasteiger partial charge on any atom is -0.356 e. The minimum atomic E-state index is 0.0708. The quantitative estimate of drug-likeness (QED) is 0.341. The van der Waals surface area contributed by atoms with E-state index in [0.717, 1.165) is 37.6 Å². The van der Waals surface area contributed by atoms with Gasteiger partial charge in [0.2, 0.25) is 0 Å². The van der Waals surface area contributed by atoms with E-state index in [1.807, 2.05) is 17.6 Å². The Morgan fingerprint density at radius 2 is 2.20 bits per heavy atom. The van der Waals surface area contributed by atoms with Crippen molar-refractivity contribution in [2.24, 2.45) is 4.99 Å². The first-order valence-electron chi connectivity index (χ1n) is 6.91. The predicted octanol–water partition coefficient (Wildman–Crippen LogP) is 1.29. The zero-order valence-electron chi connectivity index (χ0n) is 12.4. The maximum absolute atomic E-state index is 11.7. The Hall–Kier alpha value is -2.04. The van der Waals surface area contributed by atoms with Gasteiger partial charge in [-0.25, -0.2) is 0 Å². The average molecular weight is 276 g/mol. The molecule has 1 rings (SSSR count). The second kappa shape index (κ2) is 8.96. The van der Waals surface area contributed by atoms with Crippen LogP contribution in [0.5, 0.6) is 0 Å². The molecule has 0 saturated heterocycles. The van der Waals surface area contributed by atoms with Crippen LogP contribution in [0.15, 0.2) is 40.6 Å². The molecule has 0 aliphatic rings. The highest BCUT2D eigenvalue weighted by atomic mass is 16.1. The highest BCUT2D eigenvalue weighted by molar-refractivity contribution is 5.79. The summed E-state index contributed by atoms with van der Waals surface area (Å²) in [4.78, 5) is 15.8. The van der Waals surface area contributed by atoms with Crippen molar-refractivity contribution in [3.05, 3.63) is 46.9 Å². The van der Waals surface area contributed by atoms with Crippen LogP contribution in [-0.2, 0) is 6.54 Å². The van der Waals surface area contributed by atoms with Crippen LogP contribution in [0.3, 0.4) is 0 Å². The molecule has 5 nitrogen and oxygen atoms in total. The number of nitrogens with one attached hydrogen (secondary N) is 2. The summed E-state index contributed by atoms with van der Waals surface area (Å²) in [7, 11) is 1.74. The maximum atomic E-state index is 11.7. The van der Waals surface area contributed by atoms with E-state index in [9.17, 15) is 4.79 Å². The predicted molar refractivity (Wildman–Crippen MR) is 84.2 cm³/mol. The van der Waals surface area contributed by atoms with Crippen LogP contribution in [0.4, 0.5) is 0 Å². The van der Waals surface area contributed by atoms with Crippen molar-refractivity contribution in [2.45, 2.75) is 26.3 Å². The fourth-order valence-electron chi connectivity index (χ4n) is 1.90. The lowest BCUT2D eigenvalue weighted by Gasteiger charge is -2.11. The Labute approximate surface area is 120 Å². The molecule has 110 valence electrons. The molecule has 0 saturated carbocycles. The number of aryl methyl sites for hydroxylation is 1. The van der Waals surface area contributed by atoms with E-state index in [4.69, 9.17) is 0 Å². The first kappa shape index (κ1) is 16.0. The summed E-state index contributed by atoms with van der Waals surface area (Å²) in [6, 6.07) is 5.36. The largest absolute Gasteiger partial charge is 0.356 e. The normalized spacial score (nSPS) is 11.2. The van der Waals surface area contributed by atoms with Crippen LogP contribution in [0.1, 0.15) is 18.5 Å². The molecule has 0 fully saturated rings. The van der Waals surface area contributed by atoms with Gasteiger partial charge in [-0.15, -0.1) is 6.58 Å². The molecule has 0 amide bonds. The number of rotatable bonds is 7. The Morgan fingerprint density at radius 1 is 1.40 bits per heavy atom. The summed E-state index contributed by atoms with van der Waals surface area (Å²) in [5.74, 6) is 0.776. The number of hydrogen-bond donors (Lipinski definition) is 2. The van der Waals surface area contributed by atoms with Crippen molar-refractivity contribution in [1.82, 2.24) is 15.2 Å². The summed E-state index contributed by atoms with van der Waals surface area (Å²) in [5, 5.41) is 6.33. The van der Waals surface area contributed by atoms with Gasteiger partial charge in [0.25, 0.3) is 5.56 Å². The van der Waals surface area contributed by atoms with Gasteiger partial charge in [-0.1, -0.05) is 12.1 Å². The zero-order chi connectivity index (χ0) is 14.8. The first-order valence-corrected chi connectivity index (χ1v) is 6.91. The lowest BCUT2D eigenvalue weighted by atomic mass is 10.3. The summed E-state index contributed by atoms with van der Waals surface area (Å²) in [5.41, 5.74) is 1.08. The summed E-state index contributed by atoms with van der Waals surface area (Å²) >= 11 is 0. The van der Waals surface area contributed by atoms with Crippen molar-refractivity contribution in [3.63, 3.8) is 0 Å². The molecule has 0 aliphatic heterocycles. The Bertz CT molecular complexity index is 505. The van der Waals surface area contributed by atoms with Gasteiger partial charge in [-0.05, 0) is 25.8 Å². The van der Waals surface area contributed by atoms with Crippen molar-refractivity contribution < 1.29 is 0 Å². The molecule has 20 heavy (non-hydrogen) atoms. The van der Waals surface area contributed by atoms with Crippen LogP contribution >= 0.6 is 0 Å². The SMILES string of the molecule is C=CCNC(=NC)NCCCCn1c(C)cccc1=O. The van der Waals surface area contributed by atoms with Gasteiger partial charge in [0.05, 0.1) is 0 Å². The van der Waals surface area contributed by atoms with Crippen molar-refractivity contribution >= 4 is 5.96 Å². The van der Waals surface area contributed by atoms with E-state index >= 15 is 0 Å². The Balaban J connectivity index is 2.28. The van der Waals surface area contributed by atoms with Gasteiger partial charge < -0.3 is 15.2 Å². The Morgan fingerprint density at radius 3 is 2.85 bits per heavy atom. The van der Waals surface area contributed by atoms with Gasteiger partial charge in [-0.2, -0.15) is 0 Å². The van der Waals surface area contributed by atoms with Crippen LogP contribution in [0, 0.1) is 6.92 Å². The molecule has 0 atom stereocenters. The van der Waals surface area contributed by atoms with Crippen LogP contribution < -0.4 is 16.2 Å². The van der Waals surface area contributed by atoms with Gasteiger partial charge >= 0.3 is 0 Å². The molecule has 0 unspecified atom stereocenters. The standard InChI is InChI=1S/C15H24N4O/c1-4-10-17-15(16-3)18-11-5-6-12-19-13(2)8-7-9-14(19)20/h4,7-9H,1,5-6,10-12H2,2-3H3,(H2,16,17,18). The van der Waals surface area contributed by atoms with E-state index in [-0.39, 0.29) is 5.56 Å². The van der Waals surface area contributed by atoms with E-state index in [2.05, 4.69) is 22.2 Å². The van der Waals surface area contributed by atoms with Gasteiger partial charge in [0.15, 0.2) is 5.96 Å².